The Bertz CT molecular complexity index is 858. The molecule has 2 aromatic carbocycles. The van der Waals surface area contributed by atoms with E-state index in [0.717, 1.165) is 11.1 Å². The molecule has 3 rings (SSSR count). The summed E-state index contributed by atoms with van der Waals surface area (Å²) >= 11 is 0. The molecular weight excluding hydrogens is 332 g/mol. The van der Waals surface area contributed by atoms with Crippen molar-refractivity contribution in [2.24, 2.45) is 0 Å². The summed E-state index contributed by atoms with van der Waals surface area (Å²) in [5.74, 6) is -1.53. The van der Waals surface area contributed by atoms with Crippen LogP contribution in [0.4, 0.5) is 0 Å². The molecule has 1 unspecified atom stereocenters. The van der Waals surface area contributed by atoms with Crippen LogP contribution in [0.25, 0.3) is 0 Å². The predicted molar refractivity (Wildman–Crippen MR) is 95.9 cm³/mol. The molecule has 2 aromatic rings. The third-order valence-corrected chi connectivity index (χ3v) is 4.58. The Balaban J connectivity index is 1.88. The first-order chi connectivity index (χ1) is 12.4. The van der Waals surface area contributed by atoms with Crippen molar-refractivity contribution in [1.82, 2.24) is 9.80 Å². The van der Waals surface area contributed by atoms with E-state index in [2.05, 4.69) is 0 Å². The van der Waals surface area contributed by atoms with Gasteiger partial charge in [-0.1, -0.05) is 24.3 Å². The molecule has 1 N–H and O–H groups in total. The number of carboxylic acid groups (broad SMARTS) is 1. The average Bonchev–Trinajstić information content (AvgIpc) is 2.65. The molecule has 1 heterocycles. The van der Waals surface area contributed by atoms with Crippen LogP contribution in [0.3, 0.4) is 0 Å². The van der Waals surface area contributed by atoms with E-state index in [0.29, 0.717) is 11.1 Å². The third kappa shape index (κ3) is 3.31. The summed E-state index contributed by atoms with van der Waals surface area (Å²) in [5.41, 5.74) is 2.75. The minimum atomic E-state index is -1.02. The molecule has 0 aliphatic carbocycles. The highest BCUT2D eigenvalue weighted by molar-refractivity contribution is 5.99. The molecule has 26 heavy (non-hydrogen) atoms. The van der Waals surface area contributed by atoms with Crippen molar-refractivity contribution in [2.75, 3.05) is 14.1 Å². The molecule has 2 amide bonds. The molecule has 0 fully saturated rings. The molecule has 0 saturated carbocycles. The second-order valence-electron chi connectivity index (χ2n) is 6.54. The molecule has 1 aliphatic heterocycles. The average molecular weight is 352 g/mol. The van der Waals surface area contributed by atoms with Crippen molar-refractivity contribution in [1.29, 1.82) is 0 Å². The van der Waals surface area contributed by atoms with Gasteiger partial charge in [-0.3, -0.25) is 9.59 Å². The Morgan fingerprint density at radius 1 is 0.962 bits per heavy atom. The van der Waals surface area contributed by atoms with Gasteiger partial charge in [0.05, 0.1) is 0 Å². The quantitative estimate of drug-likeness (QED) is 0.917. The van der Waals surface area contributed by atoms with E-state index in [4.69, 9.17) is 0 Å². The van der Waals surface area contributed by atoms with Gasteiger partial charge < -0.3 is 14.9 Å². The highest BCUT2D eigenvalue weighted by atomic mass is 16.4. The maximum Gasteiger partial charge on any atom is 0.326 e. The van der Waals surface area contributed by atoms with Crippen LogP contribution in [0, 0.1) is 0 Å². The van der Waals surface area contributed by atoms with Gasteiger partial charge in [-0.05, 0) is 35.4 Å². The molecule has 0 radical (unpaired) electrons. The van der Waals surface area contributed by atoms with Gasteiger partial charge in [0.2, 0.25) is 0 Å². The molecule has 6 nitrogen and oxygen atoms in total. The lowest BCUT2D eigenvalue weighted by Crippen LogP contribution is -2.48. The zero-order valence-corrected chi connectivity index (χ0v) is 14.7. The van der Waals surface area contributed by atoms with Gasteiger partial charge in [0.15, 0.2) is 0 Å². The molecular formula is C20H20N2O4. The normalized spacial score (nSPS) is 15.9. The van der Waals surface area contributed by atoms with E-state index in [1.807, 2.05) is 24.3 Å². The van der Waals surface area contributed by atoms with Gasteiger partial charge in [-0.25, -0.2) is 4.79 Å². The van der Waals surface area contributed by atoms with E-state index < -0.39 is 12.0 Å². The lowest BCUT2D eigenvalue weighted by molar-refractivity contribution is -0.142. The molecule has 0 aromatic heterocycles. The first-order valence-corrected chi connectivity index (χ1v) is 8.30. The fraction of sp³-hybridized carbons (Fsp3) is 0.250. The van der Waals surface area contributed by atoms with Crippen LogP contribution < -0.4 is 0 Å². The fourth-order valence-electron chi connectivity index (χ4n) is 3.14. The van der Waals surface area contributed by atoms with Crippen molar-refractivity contribution in [3.05, 3.63) is 70.8 Å². The fourth-order valence-corrected chi connectivity index (χ4v) is 3.14. The van der Waals surface area contributed by atoms with Crippen LogP contribution in [0.5, 0.6) is 0 Å². The van der Waals surface area contributed by atoms with Crippen LogP contribution in [0.1, 0.15) is 31.8 Å². The largest absolute Gasteiger partial charge is 0.480 e. The first kappa shape index (κ1) is 17.7. The van der Waals surface area contributed by atoms with Gasteiger partial charge in [-0.15, -0.1) is 0 Å². The lowest BCUT2D eigenvalue weighted by atomic mass is 9.93. The smallest absolute Gasteiger partial charge is 0.326 e. The van der Waals surface area contributed by atoms with Crippen LogP contribution >= 0.6 is 0 Å². The molecule has 1 atom stereocenters. The van der Waals surface area contributed by atoms with Gasteiger partial charge >= 0.3 is 5.97 Å². The Morgan fingerprint density at radius 3 is 2.12 bits per heavy atom. The number of benzene rings is 2. The van der Waals surface area contributed by atoms with Crippen LogP contribution in [-0.4, -0.2) is 52.8 Å². The van der Waals surface area contributed by atoms with Gasteiger partial charge in [-0.2, -0.15) is 0 Å². The number of fused-ring (bicyclic) bond motifs is 1. The number of carbonyl (C=O) groups excluding carboxylic acids is 2. The highest BCUT2D eigenvalue weighted by Gasteiger charge is 2.34. The Labute approximate surface area is 151 Å². The summed E-state index contributed by atoms with van der Waals surface area (Å²) in [7, 11) is 3.31. The molecule has 1 aliphatic rings. The maximum atomic E-state index is 12.9. The number of aliphatic carboxylic acids is 1. The summed E-state index contributed by atoms with van der Waals surface area (Å²) in [6, 6.07) is 13.0. The van der Waals surface area contributed by atoms with E-state index in [1.165, 1.54) is 9.80 Å². The maximum absolute atomic E-state index is 12.9. The number of nitrogens with zero attached hydrogens (tertiary/aromatic N) is 2. The monoisotopic (exact) mass is 352 g/mol. The molecule has 0 spiro atoms. The number of hydrogen-bond acceptors (Lipinski definition) is 3. The van der Waals surface area contributed by atoms with Gasteiger partial charge in [0.25, 0.3) is 11.8 Å². The van der Waals surface area contributed by atoms with E-state index in [9.17, 15) is 19.5 Å². The minimum absolute atomic E-state index is 0.153. The highest BCUT2D eigenvalue weighted by Crippen LogP contribution is 2.25. The second kappa shape index (κ2) is 7.00. The molecule has 0 bridgehead atoms. The van der Waals surface area contributed by atoms with Crippen molar-refractivity contribution in [3.63, 3.8) is 0 Å². The molecule has 6 heteroatoms. The van der Waals surface area contributed by atoms with E-state index in [-0.39, 0.29) is 24.8 Å². The predicted octanol–water partition coefficient (Wildman–Crippen LogP) is 2.04. The zero-order valence-electron chi connectivity index (χ0n) is 14.7. The van der Waals surface area contributed by atoms with Crippen molar-refractivity contribution >= 4 is 17.8 Å². The van der Waals surface area contributed by atoms with Crippen LogP contribution in [-0.2, 0) is 17.8 Å². The topological polar surface area (TPSA) is 77.9 Å². The van der Waals surface area contributed by atoms with Crippen LogP contribution in [0.15, 0.2) is 48.5 Å². The second-order valence-corrected chi connectivity index (χ2v) is 6.54. The van der Waals surface area contributed by atoms with Crippen molar-refractivity contribution in [3.8, 4) is 0 Å². The van der Waals surface area contributed by atoms with E-state index in [1.54, 1.807) is 38.4 Å². The standard InChI is InChI=1S/C20H20N2O4/c1-21(2)18(23)13-7-9-14(10-8-13)19(24)22-12-16-6-4-3-5-15(16)11-17(22)20(25)26/h3-10,17H,11-12H2,1-2H3,(H,25,26). The van der Waals surface area contributed by atoms with Crippen molar-refractivity contribution < 1.29 is 19.5 Å². The summed E-state index contributed by atoms with van der Waals surface area (Å²) in [5, 5.41) is 9.56. The summed E-state index contributed by atoms with van der Waals surface area (Å²) < 4.78 is 0. The Hall–Kier alpha value is -3.15. The number of rotatable bonds is 3. The SMILES string of the molecule is CN(C)C(=O)c1ccc(C(=O)N2Cc3ccccc3CC2C(=O)O)cc1. The molecule has 134 valence electrons. The van der Waals surface area contributed by atoms with Crippen LogP contribution in [0.2, 0.25) is 0 Å². The van der Waals surface area contributed by atoms with Gasteiger partial charge in [0, 0.05) is 38.2 Å². The number of amides is 2. The third-order valence-electron chi connectivity index (χ3n) is 4.58. The number of carboxylic acids is 1. The summed E-state index contributed by atoms with van der Waals surface area (Å²) in [6.45, 7) is 0.254. The summed E-state index contributed by atoms with van der Waals surface area (Å²) in [6.07, 6.45) is 0.286. The van der Waals surface area contributed by atoms with Gasteiger partial charge in [0.1, 0.15) is 6.04 Å². The van der Waals surface area contributed by atoms with Crippen molar-refractivity contribution in [2.45, 2.75) is 19.0 Å². The number of hydrogen-bond donors (Lipinski definition) is 1. The summed E-state index contributed by atoms with van der Waals surface area (Å²) in [4.78, 5) is 39.4. The Morgan fingerprint density at radius 2 is 1.54 bits per heavy atom. The molecule has 0 saturated heterocycles. The van der Waals surface area contributed by atoms with E-state index >= 15 is 0 Å². The Kier molecular flexibility index (Phi) is 4.75. The lowest BCUT2D eigenvalue weighted by Gasteiger charge is -2.34. The first-order valence-electron chi connectivity index (χ1n) is 8.30. The number of carbonyl (C=O) groups is 3. The zero-order chi connectivity index (χ0) is 18.8. The minimum Gasteiger partial charge on any atom is -0.480 e.